The number of hydrogen-bond donors (Lipinski definition) is 0. The maximum absolute atomic E-state index is 2.47. The lowest BCUT2D eigenvalue weighted by Crippen LogP contribution is -2.28. The highest BCUT2D eigenvalue weighted by molar-refractivity contribution is 4.95. The van der Waals surface area contributed by atoms with Gasteiger partial charge >= 0.3 is 0 Å². The Kier molecular flexibility index (Phi) is 1.92. The van der Waals surface area contributed by atoms with Gasteiger partial charge in [0.05, 0.1) is 0 Å². The first-order valence-corrected chi connectivity index (χ1v) is 6.34. The van der Waals surface area contributed by atoms with Gasteiger partial charge in [-0.3, -0.25) is 0 Å². The van der Waals surface area contributed by atoms with Crippen LogP contribution in [-0.2, 0) is 0 Å². The highest BCUT2D eigenvalue weighted by Crippen LogP contribution is 2.54. The van der Waals surface area contributed by atoms with Crippen LogP contribution in [0.4, 0.5) is 0 Å². The monoisotopic (exact) mass is 178 g/mol. The van der Waals surface area contributed by atoms with E-state index in [-0.39, 0.29) is 0 Å². The van der Waals surface area contributed by atoms with E-state index < -0.39 is 0 Å². The zero-order valence-electron chi connectivity index (χ0n) is 8.84. The van der Waals surface area contributed by atoms with E-state index in [9.17, 15) is 0 Å². The van der Waals surface area contributed by atoms with Crippen molar-refractivity contribution in [2.45, 2.75) is 51.9 Å². The van der Waals surface area contributed by atoms with Crippen molar-refractivity contribution in [2.75, 3.05) is 0 Å². The first-order valence-electron chi connectivity index (χ1n) is 6.34. The fourth-order valence-corrected chi connectivity index (χ4v) is 4.72. The lowest BCUT2D eigenvalue weighted by Gasteiger charge is -2.36. The van der Waals surface area contributed by atoms with Crippen LogP contribution in [0.3, 0.4) is 0 Å². The van der Waals surface area contributed by atoms with Crippen LogP contribution in [0.5, 0.6) is 0 Å². The van der Waals surface area contributed by atoms with Crippen LogP contribution in [0.2, 0.25) is 0 Å². The predicted octanol–water partition coefficient (Wildman–Crippen LogP) is 3.86. The molecule has 0 aliphatic heterocycles. The summed E-state index contributed by atoms with van der Waals surface area (Å²) in [6.07, 6.45) is 11.0. The molecule has 0 heterocycles. The van der Waals surface area contributed by atoms with Gasteiger partial charge in [0.2, 0.25) is 0 Å². The molecule has 0 N–H and O–H groups in total. The van der Waals surface area contributed by atoms with Gasteiger partial charge in [0.1, 0.15) is 0 Å². The minimum absolute atomic E-state index is 1.05. The van der Waals surface area contributed by atoms with Crippen molar-refractivity contribution < 1.29 is 0 Å². The van der Waals surface area contributed by atoms with Crippen LogP contribution in [0.25, 0.3) is 0 Å². The van der Waals surface area contributed by atoms with Crippen molar-refractivity contribution in [3.63, 3.8) is 0 Å². The van der Waals surface area contributed by atoms with Crippen LogP contribution in [0.15, 0.2) is 0 Å². The summed E-state index contributed by atoms with van der Waals surface area (Å²) in [5, 5.41) is 0. The van der Waals surface area contributed by atoms with E-state index in [2.05, 4.69) is 6.92 Å². The Morgan fingerprint density at radius 1 is 0.769 bits per heavy atom. The summed E-state index contributed by atoms with van der Waals surface area (Å²) < 4.78 is 0. The average molecular weight is 178 g/mol. The van der Waals surface area contributed by atoms with Gasteiger partial charge in [-0.2, -0.15) is 0 Å². The maximum Gasteiger partial charge on any atom is -0.0352 e. The Morgan fingerprint density at radius 3 is 2.54 bits per heavy atom. The molecule has 0 nitrogen and oxygen atoms in total. The second-order valence-electron chi connectivity index (χ2n) is 5.93. The Bertz CT molecular complexity index is 196. The largest absolute Gasteiger partial charge is 0.0625 e. The summed E-state index contributed by atoms with van der Waals surface area (Å²) in [6.45, 7) is 2.47. The molecule has 0 heteroatoms. The van der Waals surface area contributed by atoms with Crippen molar-refractivity contribution >= 4 is 0 Å². The van der Waals surface area contributed by atoms with Crippen LogP contribution < -0.4 is 0 Å². The van der Waals surface area contributed by atoms with Gasteiger partial charge in [-0.1, -0.05) is 19.8 Å². The van der Waals surface area contributed by atoms with Gasteiger partial charge in [-0.25, -0.2) is 0 Å². The SMILES string of the molecule is CC1CC2CCC3CCCC3C2C1. The van der Waals surface area contributed by atoms with Gasteiger partial charge in [-0.05, 0) is 61.7 Å². The molecule has 0 spiro atoms. The third-order valence-corrected chi connectivity index (χ3v) is 5.16. The van der Waals surface area contributed by atoms with Crippen LogP contribution >= 0.6 is 0 Å². The van der Waals surface area contributed by atoms with Crippen molar-refractivity contribution in [3.8, 4) is 0 Å². The molecule has 13 heavy (non-hydrogen) atoms. The van der Waals surface area contributed by atoms with Crippen LogP contribution in [0, 0.1) is 29.6 Å². The molecule has 0 amide bonds. The molecule has 3 aliphatic carbocycles. The van der Waals surface area contributed by atoms with Gasteiger partial charge in [0.25, 0.3) is 0 Å². The molecule has 3 rings (SSSR count). The summed E-state index contributed by atoms with van der Waals surface area (Å²) >= 11 is 0. The summed E-state index contributed by atoms with van der Waals surface area (Å²) in [7, 11) is 0. The number of rotatable bonds is 0. The van der Waals surface area contributed by atoms with Crippen molar-refractivity contribution in [3.05, 3.63) is 0 Å². The molecule has 5 unspecified atom stereocenters. The average Bonchev–Trinajstić information content (AvgIpc) is 2.65. The zero-order chi connectivity index (χ0) is 8.84. The third-order valence-electron chi connectivity index (χ3n) is 5.16. The second-order valence-corrected chi connectivity index (χ2v) is 5.93. The molecular weight excluding hydrogens is 156 g/mol. The van der Waals surface area contributed by atoms with E-state index in [0.717, 1.165) is 23.7 Å². The summed E-state index contributed by atoms with van der Waals surface area (Å²) in [6, 6.07) is 0. The van der Waals surface area contributed by atoms with Gasteiger partial charge in [0.15, 0.2) is 0 Å². The fraction of sp³-hybridized carbons (Fsp3) is 1.00. The molecule has 0 aromatic rings. The van der Waals surface area contributed by atoms with E-state index in [4.69, 9.17) is 0 Å². The van der Waals surface area contributed by atoms with Crippen molar-refractivity contribution in [2.24, 2.45) is 29.6 Å². The quantitative estimate of drug-likeness (QED) is 0.528. The summed E-state index contributed by atoms with van der Waals surface area (Å²) in [5.74, 6) is 5.69. The molecular formula is C13H22. The van der Waals surface area contributed by atoms with E-state index in [1.165, 1.54) is 5.92 Å². The molecule has 0 bridgehead atoms. The normalized spacial score (nSPS) is 54.7. The minimum atomic E-state index is 1.05. The highest BCUT2D eigenvalue weighted by Gasteiger charge is 2.45. The second kappa shape index (κ2) is 3.00. The molecule has 74 valence electrons. The first-order chi connectivity index (χ1) is 6.34. The molecule has 0 aromatic carbocycles. The van der Waals surface area contributed by atoms with Gasteiger partial charge in [0, 0.05) is 0 Å². The van der Waals surface area contributed by atoms with E-state index in [0.29, 0.717) is 0 Å². The Hall–Kier alpha value is 0. The lowest BCUT2D eigenvalue weighted by molar-refractivity contribution is 0.136. The summed E-state index contributed by atoms with van der Waals surface area (Å²) in [5.41, 5.74) is 0. The van der Waals surface area contributed by atoms with E-state index >= 15 is 0 Å². The fourth-order valence-electron chi connectivity index (χ4n) is 4.72. The Balaban J connectivity index is 1.79. The Labute approximate surface area is 82.1 Å². The number of fused-ring (bicyclic) bond motifs is 3. The number of hydrogen-bond acceptors (Lipinski definition) is 0. The first kappa shape index (κ1) is 8.32. The lowest BCUT2D eigenvalue weighted by atomic mass is 9.69. The Morgan fingerprint density at radius 2 is 1.62 bits per heavy atom. The molecule has 5 atom stereocenters. The van der Waals surface area contributed by atoms with Crippen LogP contribution in [0.1, 0.15) is 51.9 Å². The zero-order valence-corrected chi connectivity index (χ0v) is 8.84. The van der Waals surface area contributed by atoms with Crippen molar-refractivity contribution in [1.82, 2.24) is 0 Å². The van der Waals surface area contributed by atoms with Gasteiger partial charge in [-0.15, -0.1) is 0 Å². The molecule has 3 saturated carbocycles. The third kappa shape index (κ3) is 1.25. The molecule has 0 saturated heterocycles. The minimum Gasteiger partial charge on any atom is -0.0625 e. The maximum atomic E-state index is 2.47. The predicted molar refractivity (Wildman–Crippen MR) is 55.4 cm³/mol. The van der Waals surface area contributed by atoms with E-state index in [1.807, 2.05) is 0 Å². The molecule has 0 radical (unpaired) electrons. The summed E-state index contributed by atoms with van der Waals surface area (Å²) in [4.78, 5) is 0. The standard InChI is InChI=1S/C13H22/c1-9-7-11-6-5-10-3-2-4-12(10)13(11)8-9/h9-13H,2-8H2,1H3. The molecule has 3 aliphatic rings. The van der Waals surface area contributed by atoms with E-state index in [1.54, 1.807) is 44.9 Å². The van der Waals surface area contributed by atoms with Crippen molar-refractivity contribution in [1.29, 1.82) is 0 Å². The molecule has 0 aromatic heterocycles. The molecule has 3 fully saturated rings. The topological polar surface area (TPSA) is 0 Å². The smallest absolute Gasteiger partial charge is 0.0352 e. The highest BCUT2D eigenvalue weighted by atomic mass is 14.5. The van der Waals surface area contributed by atoms with Crippen LogP contribution in [-0.4, -0.2) is 0 Å². The van der Waals surface area contributed by atoms with Gasteiger partial charge < -0.3 is 0 Å².